The number of carbonyl (C=O) groups is 2. The predicted octanol–water partition coefficient (Wildman–Crippen LogP) is 5.24. The van der Waals surface area contributed by atoms with Gasteiger partial charge in [-0.15, -0.1) is 11.3 Å². The van der Waals surface area contributed by atoms with E-state index < -0.39 is 11.9 Å². The number of esters is 1. The van der Waals surface area contributed by atoms with Crippen molar-refractivity contribution in [1.82, 2.24) is 5.43 Å². The Bertz CT molecular complexity index is 1320. The molecule has 4 aromatic rings. The van der Waals surface area contributed by atoms with Gasteiger partial charge in [0.1, 0.15) is 16.4 Å². The molecule has 8 heteroatoms. The summed E-state index contributed by atoms with van der Waals surface area (Å²) in [4.78, 5) is 25.2. The Morgan fingerprint density at radius 3 is 2.52 bits per heavy atom. The molecule has 0 fully saturated rings. The molecule has 6 nitrogen and oxygen atoms in total. The number of halogens is 1. The van der Waals surface area contributed by atoms with Gasteiger partial charge in [-0.3, -0.25) is 4.79 Å². The lowest BCUT2D eigenvalue weighted by Crippen LogP contribution is -2.17. The van der Waals surface area contributed by atoms with E-state index in [0.29, 0.717) is 15.5 Å². The molecule has 0 bridgehead atoms. The maximum Gasteiger partial charge on any atom is 0.355 e. The topological polar surface area (TPSA) is 88.0 Å². The van der Waals surface area contributed by atoms with Crippen LogP contribution in [-0.2, 0) is 0 Å². The normalized spacial score (nSPS) is 11.0. The first-order chi connectivity index (χ1) is 15.0. The monoisotopic (exact) mass is 450 g/mol. The van der Waals surface area contributed by atoms with Gasteiger partial charge in [0.25, 0.3) is 5.91 Å². The number of benzene rings is 3. The molecule has 4 rings (SSSR count). The zero-order chi connectivity index (χ0) is 21.8. The number of ether oxygens (including phenoxy) is 1. The third-order valence-electron chi connectivity index (χ3n) is 4.36. The molecule has 0 radical (unpaired) electrons. The van der Waals surface area contributed by atoms with E-state index in [1.54, 1.807) is 36.4 Å². The van der Waals surface area contributed by atoms with Gasteiger partial charge < -0.3 is 9.84 Å². The van der Waals surface area contributed by atoms with Gasteiger partial charge in [-0.25, -0.2) is 10.2 Å². The molecule has 1 heterocycles. The van der Waals surface area contributed by atoms with Crippen molar-refractivity contribution in [3.63, 3.8) is 0 Å². The first-order valence-electron chi connectivity index (χ1n) is 9.14. The average molecular weight is 451 g/mol. The lowest BCUT2D eigenvalue weighted by molar-refractivity contribution is 0.0739. The van der Waals surface area contributed by atoms with E-state index >= 15 is 0 Å². The summed E-state index contributed by atoms with van der Waals surface area (Å²) < 4.78 is 6.44. The summed E-state index contributed by atoms with van der Waals surface area (Å²) in [6.45, 7) is 0. The number of amides is 1. The molecule has 2 N–H and O–H groups in total. The number of para-hydroxylation sites is 2. The minimum Gasteiger partial charge on any atom is -0.507 e. The maximum atomic E-state index is 12.7. The van der Waals surface area contributed by atoms with Gasteiger partial charge in [0.15, 0.2) is 0 Å². The SMILES string of the molecule is O=C(NN=Cc1ccccc1OC(=O)c1sc2ccccc2c1Cl)c1ccccc1O. The lowest BCUT2D eigenvalue weighted by Gasteiger charge is -2.06. The number of phenolic OH excluding ortho intramolecular Hbond substituents is 1. The number of fused-ring (bicyclic) bond motifs is 1. The highest BCUT2D eigenvalue weighted by molar-refractivity contribution is 7.21. The molecular formula is C23H15ClN2O4S. The molecule has 3 aromatic carbocycles. The number of rotatable bonds is 5. The van der Waals surface area contributed by atoms with Crippen molar-refractivity contribution >= 4 is 51.1 Å². The van der Waals surface area contributed by atoms with Gasteiger partial charge in [-0.1, -0.05) is 54.1 Å². The molecule has 0 aliphatic rings. The van der Waals surface area contributed by atoms with Gasteiger partial charge >= 0.3 is 5.97 Å². The van der Waals surface area contributed by atoms with E-state index in [4.69, 9.17) is 16.3 Å². The summed E-state index contributed by atoms with van der Waals surface area (Å²) >= 11 is 7.62. The zero-order valence-electron chi connectivity index (χ0n) is 15.9. The van der Waals surface area contributed by atoms with Crippen LogP contribution in [-0.4, -0.2) is 23.2 Å². The standard InChI is InChI=1S/C23H15ClN2O4S/c24-20-16-9-3-6-12-19(16)31-21(20)23(29)30-18-11-5-1-7-14(18)13-25-26-22(28)15-8-2-4-10-17(15)27/h1-13,27H,(H,26,28). The lowest BCUT2D eigenvalue weighted by atomic mass is 10.2. The fraction of sp³-hybridized carbons (Fsp3) is 0. The largest absolute Gasteiger partial charge is 0.507 e. The number of nitrogens with one attached hydrogen (secondary N) is 1. The second kappa shape index (κ2) is 8.99. The molecule has 0 aliphatic carbocycles. The Morgan fingerprint density at radius 1 is 1.00 bits per heavy atom. The van der Waals surface area contributed by atoms with E-state index in [-0.39, 0.29) is 17.1 Å². The van der Waals surface area contributed by atoms with Gasteiger partial charge in [0, 0.05) is 15.6 Å². The van der Waals surface area contributed by atoms with Crippen molar-refractivity contribution in [3.8, 4) is 11.5 Å². The summed E-state index contributed by atoms with van der Waals surface area (Å²) in [6.07, 6.45) is 1.35. The number of hydrazone groups is 1. The van der Waals surface area contributed by atoms with Crippen LogP contribution in [0.5, 0.6) is 11.5 Å². The first-order valence-corrected chi connectivity index (χ1v) is 10.3. The van der Waals surface area contributed by atoms with Crippen molar-refractivity contribution in [1.29, 1.82) is 0 Å². The number of phenols is 1. The van der Waals surface area contributed by atoms with Crippen molar-refractivity contribution in [2.45, 2.75) is 0 Å². The Kier molecular flexibility index (Phi) is 5.97. The number of hydrogen-bond donors (Lipinski definition) is 2. The predicted molar refractivity (Wildman–Crippen MR) is 121 cm³/mol. The van der Waals surface area contributed by atoms with Crippen LogP contribution in [0.25, 0.3) is 10.1 Å². The maximum absolute atomic E-state index is 12.7. The summed E-state index contributed by atoms with van der Waals surface area (Å²) in [5.41, 5.74) is 2.91. The Labute approximate surface area is 186 Å². The van der Waals surface area contributed by atoms with E-state index in [0.717, 1.165) is 10.1 Å². The quantitative estimate of drug-likeness (QED) is 0.188. The molecule has 0 saturated heterocycles. The number of aromatic hydroxyl groups is 1. The van der Waals surface area contributed by atoms with Gasteiger partial charge in [-0.05, 0) is 30.3 Å². The molecule has 0 unspecified atom stereocenters. The number of thiophene rings is 1. The molecule has 0 spiro atoms. The van der Waals surface area contributed by atoms with Crippen LogP contribution in [0.15, 0.2) is 77.9 Å². The Morgan fingerprint density at radius 2 is 1.71 bits per heavy atom. The fourth-order valence-corrected chi connectivity index (χ4v) is 4.24. The van der Waals surface area contributed by atoms with Crippen LogP contribution in [0.2, 0.25) is 5.02 Å². The summed E-state index contributed by atoms with van der Waals surface area (Å²) in [5, 5.41) is 14.8. The van der Waals surface area contributed by atoms with Crippen LogP contribution in [0, 0.1) is 0 Å². The molecule has 0 atom stereocenters. The van der Waals surface area contributed by atoms with Crippen molar-refractivity contribution in [2.24, 2.45) is 5.10 Å². The van der Waals surface area contributed by atoms with Crippen LogP contribution < -0.4 is 10.2 Å². The minimum absolute atomic E-state index is 0.0961. The van der Waals surface area contributed by atoms with Gasteiger partial charge in [0.2, 0.25) is 0 Å². The molecule has 31 heavy (non-hydrogen) atoms. The van der Waals surface area contributed by atoms with Gasteiger partial charge in [0.05, 0.1) is 16.8 Å². The molecule has 154 valence electrons. The third-order valence-corrected chi connectivity index (χ3v) is 6.02. The second-order valence-corrected chi connectivity index (χ2v) is 7.82. The van der Waals surface area contributed by atoms with Crippen molar-refractivity contribution < 1.29 is 19.4 Å². The van der Waals surface area contributed by atoms with Crippen LogP contribution in [0.1, 0.15) is 25.6 Å². The molecule has 0 aliphatic heterocycles. The van der Waals surface area contributed by atoms with Crippen molar-refractivity contribution in [2.75, 3.05) is 0 Å². The van der Waals surface area contributed by atoms with E-state index in [1.165, 1.54) is 29.7 Å². The molecular weight excluding hydrogens is 436 g/mol. The highest BCUT2D eigenvalue weighted by atomic mass is 35.5. The Balaban J connectivity index is 1.51. The Hall–Kier alpha value is -3.68. The summed E-state index contributed by atoms with van der Waals surface area (Å²) in [5.74, 6) is -1.03. The third kappa shape index (κ3) is 4.42. The molecule has 1 aromatic heterocycles. The molecule has 0 saturated carbocycles. The van der Waals surface area contributed by atoms with Crippen LogP contribution in [0.4, 0.5) is 0 Å². The molecule has 1 amide bonds. The fourth-order valence-electron chi connectivity index (χ4n) is 2.86. The van der Waals surface area contributed by atoms with Crippen LogP contribution in [0.3, 0.4) is 0 Å². The van der Waals surface area contributed by atoms with Crippen LogP contribution >= 0.6 is 22.9 Å². The van der Waals surface area contributed by atoms with E-state index in [9.17, 15) is 14.7 Å². The highest BCUT2D eigenvalue weighted by Gasteiger charge is 2.19. The average Bonchev–Trinajstić information content (AvgIpc) is 3.12. The van der Waals surface area contributed by atoms with E-state index in [1.807, 2.05) is 24.3 Å². The highest BCUT2D eigenvalue weighted by Crippen LogP contribution is 2.36. The second-order valence-electron chi connectivity index (χ2n) is 6.38. The minimum atomic E-state index is -0.578. The summed E-state index contributed by atoms with van der Waals surface area (Å²) in [6, 6.07) is 20.4. The zero-order valence-corrected chi connectivity index (χ0v) is 17.5. The smallest absolute Gasteiger partial charge is 0.355 e. The first kappa shape index (κ1) is 20.6. The number of carbonyl (C=O) groups excluding carboxylic acids is 2. The van der Waals surface area contributed by atoms with Gasteiger partial charge in [-0.2, -0.15) is 5.10 Å². The van der Waals surface area contributed by atoms with Crippen molar-refractivity contribution in [3.05, 3.63) is 93.8 Å². The van der Waals surface area contributed by atoms with E-state index in [2.05, 4.69) is 10.5 Å². The summed E-state index contributed by atoms with van der Waals surface area (Å²) in [7, 11) is 0. The number of nitrogens with zero attached hydrogens (tertiary/aromatic N) is 1. The number of hydrogen-bond acceptors (Lipinski definition) is 6.